The third-order valence-corrected chi connectivity index (χ3v) is 1.91. The highest BCUT2D eigenvalue weighted by Crippen LogP contribution is 2.17. The third-order valence-electron chi connectivity index (χ3n) is 1.91. The molecule has 2 N–H and O–H groups in total. The zero-order valence-corrected chi connectivity index (χ0v) is 8.37. The summed E-state index contributed by atoms with van der Waals surface area (Å²) in [7, 11) is 0. The van der Waals surface area contributed by atoms with Crippen LogP contribution in [-0.4, -0.2) is 11.6 Å². The van der Waals surface area contributed by atoms with Gasteiger partial charge in [0.1, 0.15) is 0 Å². The molecular weight excluding hydrogens is 164 g/mol. The van der Waals surface area contributed by atoms with E-state index in [9.17, 15) is 0 Å². The summed E-state index contributed by atoms with van der Waals surface area (Å²) >= 11 is 0. The lowest BCUT2D eigenvalue weighted by Crippen LogP contribution is -2.08. The predicted molar refractivity (Wildman–Crippen MR) is 52.7 cm³/mol. The van der Waals surface area contributed by atoms with Gasteiger partial charge in [-0.05, 0) is 31.9 Å². The van der Waals surface area contributed by atoms with Gasteiger partial charge in [-0.15, -0.1) is 0 Å². The van der Waals surface area contributed by atoms with Crippen LogP contribution in [0.2, 0.25) is 0 Å². The Kier molecular flexibility index (Phi) is 3.25. The summed E-state index contributed by atoms with van der Waals surface area (Å²) in [4.78, 5) is 4.15. The Hall–Kier alpha value is -1.09. The largest absolute Gasteiger partial charge is 0.478 e. The summed E-state index contributed by atoms with van der Waals surface area (Å²) in [5.74, 6) is 0.671. The van der Waals surface area contributed by atoms with Crippen LogP contribution < -0.4 is 10.5 Å². The van der Waals surface area contributed by atoms with Crippen molar-refractivity contribution in [1.82, 2.24) is 4.98 Å². The van der Waals surface area contributed by atoms with Crippen molar-refractivity contribution in [2.24, 2.45) is 5.73 Å². The van der Waals surface area contributed by atoms with Gasteiger partial charge in [0.2, 0.25) is 5.88 Å². The summed E-state index contributed by atoms with van der Waals surface area (Å²) < 4.78 is 5.27. The van der Waals surface area contributed by atoms with E-state index in [0.717, 1.165) is 11.1 Å². The monoisotopic (exact) mass is 180 g/mol. The molecule has 0 radical (unpaired) electrons. The van der Waals surface area contributed by atoms with Crippen molar-refractivity contribution in [2.45, 2.75) is 26.8 Å². The number of aromatic nitrogens is 1. The van der Waals surface area contributed by atoms with Crippen LogP contribution in [0.25, 0.3) is 0 Å². The van der Waals surface area contributed by atoms with E-state index in [0.29, 0.717) is 12.5 Å². The molecule has 3 nitrogen and oxygen atoms in total. The summed E-state index contributed by atoms with van der Waals surface area (Å²) in [6, 6.07) is 1.95. The number of aryl methyl sites for hydroxylation is 1. The molecule has 0 aliphatic heterocycles. The molecule has 0 aliphatic carbocycles. The summed E-state index contributed by atoms with van der Waals surface area (Å²) in [6.07, 6.45) is 1.78. The molecule has 0 spiro atoms. The molecule has 1 rings (SSSR count). The fourth-order valence-corrected chi connectivity index (χ4v) is 1.24. The van der Waals surface area contributed by atoms with E-state index in [2.05, 4.69) is 4.98 Å². The van der Waals surface area contributed by atoms with Crippen LogP contribution in [0.5, 0.6) is 5.88 Å². The van der Waals surface area contributed by atoms with Crippen molar-refractivity contribution in [3.05, 3.63) is 23.4 Å². The van der Waals surface area contributed by atoms with Crippen LogP contribution >= 0.6 is 0 Å². The van der Waals surface area contributed by atoms with Crippen molar-refractivity contribution in [3.63, 3.8) is 0 Å². The van der Waals surface area contributed by atoms with Crippen LogP contribution in [0, 0.1) is 6.92 Å². The Morgan fingerprint density at radius 1 is 1.62 bits per heavy atom. The lowest BCUT2D eigenvalue weighted by atomic mass is 10.1. The van der Waals surface area contributed by atoms with Gasteiger partial charge in [0.05, 0.1) is 6.61 Å². The van der Waals surface area contributed by atoms with Gasteiger partial charge in [-0.3, -0.25) is 0 Å². The second-order valence-corrected chi connectivity index (χ2v) is 3.10. The highest BCUT2D eigenvalue weighted by molar-refractivity contribution is 5.29. The van der Waals surface area contributed by atoms with Gasteiger partial charge >= 0.3 is 0 Å². The Bertz CT molecular complexity index is 284. The zero-order chi connectivity index (χ0) is 9.84. The number of pyridine rings is 1. The van der Waals surface area contributed by atoms with E-state index in [-0.39, 0.29) is 6.04 Å². The standard InChI is InChI=1S/C10H16N2O/c1-4-13-10-5-7(2)9(6-12-10)8(3)11/h5-6,8H,4,11H2,1-3H3. The van der Waals surface area contributed by atoms with Crippen LogP contribution in [0.1, 0.15) is 31.0 Å². The molecule has 1 unspecified atom stereocenters. The molecule has 0 aromatic carbocycles. The SMILES string of the molecule is CCOc1cc(C)c(C(C)N)cn1. The first-order chi connectivity index (χ1) is 6.15. The molecule has 1 aromatic heterocycles. The van der Waals surface area contributed by atoms with E-state index in [1.54, 1.807) is 6.20 Å². The quantitative estimate of drug-likeness (QED) is 0.771. The highest BCUT2D eigenvalue weighted by Gasteiger charge is 2.05. The van der Waals surface area contributed by atoms with Gasteiger partial charge < -0.3 is 10.5 Å². The Balaban J connectivity index is 2.92. The number of rotatable bonds is 3. The smallest absolute Gasteiger partial charge is 0.213 e. The van der Waals surface area contributed by atoms with Crippen molar-refractivity contribution in [3.8, 4) is 5.88 Å². The highest BCUT2D eigenvalue weighted by atomic mass is 16.5. The van der Waals surface area contributed by atoms with Crippen molar-refractivity contribution in [2.75, 3.05) is 6.61 Å². The number of nitrogens with two attached hydrogens (primary N) is 1. The molecule has 3 heteroatoms. The van der Waals surface area contributed by atoms with E-state index in [1.165, 1.54) is 0 Å². The third kappa shape index (κ3) is 2.42. The van der Waals surface area contributed by atoms with Gasteiger partial charge in [-0.2, -0.15) is 0 Å². The molecule has 72 valence electrons. The molecular formula is C10H16N2O. The minimum absolute atomic E-state index is 0.0307. The van der Waals surface area contributed by atoms with Crippen molar-refractivity contribution >= 4 is 0 Å². The fraction of sp³-hybridized carbons (Fsp3) is 0.500. The number of ether oxygens (including phenoxy) is 1. The minimum Gasteiger partial charge on any atom is -0.478 e. The van der Waals surface area contributed by atoms with Gasteiger partial charge in [-0.25, -0.2) is 4.98 Å². The minimum atomic E-state index is 0.0307. The second kappa shape index (κ2) is 4.23. The lowest BCUT2D eigenvalue weighted by Gasteiger charge is -2.10. The van der Waals surface area contributed by atoms with Crippen LogP contribution in [-0.2, 0) is 0 Å². The molecule has 1 atom stereocenters. The summed E-state index contributed by atoms with van der Waals surface area (Å²) in [5.41, 5.74) is 7.96. The normalized spacial score (nSPS) is 12.6. The van der Waals surface area contributed by atoms with Crippen LogP contribution in [0.4, 0.5) is 0 Å². The maximum Gasteiger partial charge on any atom is 0.213 e. The van der Waals surface area contributed by atoms with Gasteiger partial charge in [0.15, 0.2) is 0 Å². The Labute approximate surface area is 78.9 Å². The van der Waals surface area contributed by atoms with Gasteiger partial charge in [0, 0.05) is 18.3 Å². The molecule has 0 saturated carbocycles. The molecule has 1 heterocycles. The first kappa shape index (κ1) is 9.99. The zero-order valence-electron chi connectivity index (χ0n) is 8.37. The molecule has 0 bridgehead atoms. The van der Waals surface area contributed by atoms with E-state index in [4.69, 9.17) is 10.5 Å². The number of hydrogen-bond donors (Lipinski definition) is 1. The molecule has 0 saturated heterocycles. The van der Waals surface area contributed by atoms with Crippen LogP contribution in [0.15, 0.2) is 12.3 Å². The second-order valence-electron chi connectivity index (χ2n) is 3.10. The molecule has 0 fully saturated rings. The molecule has 0 amide bonds. The maximum absolute atomic E-state index is 5.76. The van der Waals surface area contributed by atoms with Gasteiger partial charge in [0.25, 0.3) is 0 Å². The van der Waals surface area contributed by atoms with Crippen LogP contribution in [0.3, 0.4) is 0 Å². The van der Waals surface area contributed by atoms with E-state index >= 15 is 0 Å². The summed E-state index contributed by atoms with van der Waals surface area (Å²) in [6.45, 7) is 6.55. The topological polar surface area (TPSA) is 48.1 Å². The average molecular weight is 180 g/mol. The van der Waals surface area contributed by atoms with Gasteiger partial charge in [-0.1, -0.05) is 0 Å². The number of nitrogens with zero attached hydrogens (tertiary/aromatic N) is 1. The fourth-order valence-electron chi connectivity index (χ4n) is 1.24. The predicted octanol–water partition coefficient (Wildman–Crippen LogP) is 1.81. The lowest BCUT2D eigenvalue weighted by molar-refractivity contribution is 0.326. The first-order valence-electron chi connectivity index (χ1n) is 4.50. The van der Waals surface area contributed by atoms with E-state index < -0.39 is 0 Å². The molecule has 13 heavy (non-hydrogen) atoms. The van der Waals surface area contributed by atoms with Crippen molar-refractivity contribution < 1.29 is 4.74 Å². The Morgan fingerprint density at radius 2 is 2.31 bits per heavy atom. The van der Waals surface area contributed by atoms with Crippen molar-refractivity contribution in [1.29, 1.82) is 0 Å². The number of hydrogen-bond acceptors (Lipinski definition) is 3. The Morgan fingerprint density at radius 3 is 2.77 bits per heavy atom. The molecule has 1 aromatic rings. The first-order valence-corrected chi connectivity index (χ1v) is 4.50. The van der Waals surface area contributed by atoms with E-state index in [1.807, 2.05) is 26.8 Å². The molecule has 0 aliphatic rings. The average Bonchev–Trinajstić information content (AvgIpc) is 2.04. The maximum atomic E-state index is 5.76. The summed E-state index contributed by atoms with van der Waals surface area (Å²) in [5, 5.41) is 0.